The van der Waals surface area contributed by atoms with Crippen molar-refractivity contribution in [3.05, 3.63) is 24.3 Å². The van der Waals surface area contributed by atoms with Crippen LogP contribution in [0.4, 0.5) is 0 Å². The monoisotopic (exact) mass is 280 g/mol. The van der Waals surface area contributed by atoms with Gasteiger partial charge in [0.1, 0.15) is 5.75 Å². The molecule has 0 spiro atoms. The lowest BCUT2D eigenvalue weighted by molar-refractivity contribution is 0.305. The van der Waals surface area contributed by atoms with Crippen LogP contribution in [0.25, 0.3) is 0 Å². The van der Waals surface area contributed by atoms with Crippen molar-refractivity contribution >= 4 is 10.0 Å². The SMILES string of the molecule is COc1ccc(S(=O)(=O)N2CCCC(C#N)C2)cc1. The molecule has 0 N–H and O–H groups in total. The molecule has 1 aliphatic rings. The van der Waals surface area contributed by atoms with Crippen LogP contribution < -0.4 is 4.74 Å². The maximum atomic E-state index is 12.4. The van der Waals surface area contributed by atoms with Gasteiger partial charge in [-0.2, -0.15) is 9.57 Å². The number of nitrogens with zero attached hydrogens (tertiary/aromatic N) is 2. The number of hydrogen-bond donors (Lipinski definition) is 0. The molecular formula is C13H16N2O3S. The van der Waals surface area contributed by atoms with Gasteiger partial charge in [0.2, 0.25) is 10.0 Å². The fraction of sp³-hybridized carbons (Fsp3) is 0.462. The third-order valence-corrected chi connectivity index (χ3v) is 5.14. The predicted octanol–water partition coefficient (Wildman–Crippen LogP) is 1.62. The highest BCUT2D eigenvalue weighted by atomic mass is 32.2. The number of piperidine rings is 1. The van der Waals surface area contributed by atoms with Gasteiger partial charge in [0, 0.05) is 13.1 Å². The van der Waals surface area contributed by atoms with E-state index >= 15 is 0 Å². The molecule has 1 saturated heterocycles. The first kappa shape index (κ1) is 13.8. The van der Waals surface area contributed by atoms with E-state index in [2.05, 4.69) is 6.07 Å². The van der Waals surface area contributed by atoms with Crippen LogP contribution in [0.5, 0.6) is 5.75 Å². The van der Waals surface area contributed by atoms with E-state index in [4.69, 9.17) is 10.00 Å². The minimum Gasteiger partial charge on any atom is -0.497 e. The molecule has 0 aromatic heterocycles. The summed E-state index contributed by atoms with van der Waals surface area (Å²) < 4.78 is 31.3. The summed E-state index contributed by atoms with van der Waals surface area (Å²) in [5.41, 5.74) is 0. The van der Waals surface area contributed by atoms with Crippen molar-refractivity contribution in [1.82, 2.24) is 4.31 Å². The fourth-order valence-electron chi connectivity index (χ4n) is 2.16. The van der Waals surface area contributed by atoms with Crippen molar-refractivity contribution in [3.63, 3.8) is 0 Å². The first-order valence-electron chi connectivity index (χ1n) is 6.12. The van der Waals surface area contributed by atoms with Crippen molar-refractivity contribution in [3.8, 4) is 11.8 Å². The average molecular weight is 280 g/mol. The molecule has 5 nitrogen and oxygen atoms in total. The summed E-state index contributed by atoms with van der Waals surface area (Å²) in [6.07, 6.45) is 1.50. The van der Waals surface area contributed by atoms with Crippen molar-refractivity contribution < 1.29 is 13.2 Å². The van der Waals surface area contributed by atoms with Crippen molar-refractivity contribution in [2.45, 2.75) is 17.7 Å². The molecule has 0 bridgehead atoms. The average Bonchev–Trinajstić information content (AvgIpc) is 2.47. The zero-order valence-corrected chi connectivity index (χ0v) is 11.6. The molecule has 2 rings (SSSR count). The largest absolute Gasteiger partial charge is 0.497 e. The summed E-state index contributed by atoms with van der Waals surface area (Å²) in [7, 11) is -1.97. The first-order valence-corrected chi connectivity index (χ1v) is 7.56. The molecule has 1 unspecified atom stereocenters. The Morgan fingerprint density at radius 3 is 2.63 bits per heavy atom. The maximum Gasteiger partial charge on any atom is 0.243 e. The van der Waals surface area contributed by atoms with E-state index in [9.17, 15) is 8.42 Å². The number of benzene rings is 1. The van der Waals surface area contributed by atoms with Crippen LogP contribution in [-0.4, -0.2) is 32.9 Å². The Morgan fingerprint density at radius 1 is 1.37 bits per heavy atom. The maximum absolute atomic E-state index is 12.4. The van der Waals surface area contributed by atoms with Gasteiger partial charge < -0.3 is 4.74 Å². The van der Waals surface area contributed by atoms with E-state index in [1.54, 1.807) is 12.1 Å². The molecule has 0 aliphatic carbocycles. The van der Waals surface area contributed by atoms with Gasteiger partial charge in [0.05, 0.1) is 24.0 Å². The highest BCUT2D eigenvalue weighted by Gasteiger charge is 2.30. The Balaban J connectivity index is 2.23. The number of methoxy groups -OCH3 is 1. The highest BCUT2D eigenvalue weighted by molar-refractivity contribution is 7.89. The van der Waals surface area contributed by atoms with Crippen LogP contribution in [0.3, 0.4) is 0 Å². The normalized spacial score (nSPS) is 20.7. The Morgan fingerprint density at radius 2 is 2.05 bits per heavy atom. The van der Waals surface area contributed by atoms with E-state index in [1.807, 2.05) is 0 Å². The van der Waals surface area contributed by atoms with Gasteiger partial charge in [0.25, 0.3) is 0 Å². The smallest absolute Gasteiger partial charge is 0.243 e. The van der Waals surface area contributed by atoms with Crippen LogP contribution in [0.1, 0.15) is 12.8 Å². The molecule has 0 radical (unpaired) electrons. The lowest BCUT2D eigenvalue weighted by Crippen LogP contribution is -2.39. The van der Waals surface area contributed by atoms with Gasteiger partial charge in [-0.1, -0.05) is 0 Å². The van der Waals surface area contributed by atoms with E-state index < -0.39 is 10.0 Å². The Bertz CT molecular complexity index is 575. The van der Waals surface area contributed by atoms with Crippen LogP contribution >= 0.6 is 0 Å². The number of ether oxygens (including phenoxy) is 1. The van der Waals surface area contributed by atoms with Gasteiger partial charge in [-0.05, 0) is 37.1 Å². The van der Waals surface area contributed by atoms with E-state index in [-0.39, 0.29) is 17.4 Å². The van der Waals surface area contributed by atoms with Gasteiger partial charge in [0.15, 0.2) is 0 Å². The summed E-state index contributed by atoms with van der Waals surface area (Å²) in [5, 5.41) is 8.93. The molecule has 1 atom stereocenters. The van der Waals surface area contributed by atoms with E-state index in [1.165, 1.54) is 23.5 Å². The molecule has 0 saturated carbocycles. The molecular weight excluding hydrogens is 264 g/mol. The zero-order chi connectivity index (χ0) is 13.9. The van der Waals surface area contributed by atoms with E-state index in [0.717, 1.165) is 12.8 Å². The van der Waals surface area contributed by atoms with Crippen LogP contribution in [-0.2, 0) is 10.0 Å². The molecule has 6 heteroatoms. The minimum atomic E-state index is -3.50. The van der Waals surface area contributed by atoms with Crippen LogP contribution in [0.15, 0.2) is 29.2 Å². The van der Waals surface area contributed by atoms with Crippen molar-refractivity contribution in [2.75, 3.05) is 20.2 Å². The van der Waals surface area contributed by atoms with Gasteiger partial charge in [-0.15, -0.1) is 0 Å². The third kappa shape index (κ3) is 2.88. The second-order valence-corrected chi connectivity index (χ2v) is 6.44. The molecule has 1 aromatic carbocycles. The van der Waals surface area contributed by atoms with E-state index in [0.29, 0.717) is 12.3 Å². The summed E-state index contributed by atoms with van der Waals surface area (Å²) in [6, 6.07) is 8.46. The second-order valence-electron chi connectivity index (χ2n) is 4.51. The number of rotatable bonds is 3. The van der Waals surface area contributed by atoms with Crippen LogP contribution in [0, 0.1) is 17.2 Å². The standard InChI is InChI=1S/C13H16N2O3S/c1-18-12-4-6-13(7-5-12)19(16,17)15-8-2-3-11(9-14)10-15/h4-7,11H,2-3,8,10H2,1H3. The Labute approximate surface area is 113 Å². The lowest BCUT2D eigenvalue weighted by Gasteiger charge is -2.28. The number of sulfonamides is 1. The summed E-state index contributed by atoms with van der Waals surface area (Å²) in [5.74, 6) is 0.411. The molecule has 102 valence electrons. The number of hydrogen-bond acceptors (Lipinski definition) is 4. The predicted molar refractivity (Wildman–Crippen MR) is 70.1 cm³/mol. The van der Waals surface area contributed by atoms with Crippen LogP contribution in [0.2, 0.25) is 0 Å². The molecule has 1 heterocycles. The molecule has 1 aliphatic heterocycles. The Hall–Kier alpha value is -1.58. The minimum absolute atomic E-state index is 0.207. The zero-order valence-electron chi connectivity index (χ0n) is 10.7. The summed E-state index contributed by atoms with van der Waals surface area (Å²) in [4.78, 5) is 0.242. The lowest BCUT2D eigenvalue weighted by atomic mass is 10.0. The van der Waals surface area contributed by atoms with Gasteiger partial charge in [-0.25, -0.2) is 8.42 Å². The van der Waals surface area contributed by atoms with Crippen molar-refractivity contribution in [2.24, 2.45) is 5.92 Å². The quantitative estimate of drug-likeness (QED) is 0.843. The van der Waals surface area contributed by atoms with Gasteiger partial charge >= 0.3 is 0 Å². The van der Waals surface area contributed by atoms with Gasteiger partial charge in [-0.3, -0.25) is 0 Å². The second kappa shape index (κ2) is 5.59. The highest BCUT2D eigenvalue weighted by Crippen LogP contribution is 2.24. The number of nitriles is 1. The molecule has 1 fully saturated rings. The molecule has 1 aromatic rings. The topological polar surface area (TPSA) is 70.4 Å². The summed E-state index contributed by atoms with van der Waals surface area (Å²) in [6.45, 7) is 0.761. The fourth-order valence-corrected chi connectivity index (χ4v) is 3.69. The summed E-state index contributed by atoms with van der Waals surface area (Å²) >= 11 is 0. The molecule has 0 amide bonds. The Kier molecular flexibility index (Phi) is 4.08. The van der Waals surface area contributed by atoms with Crippen molar-refractivity contribution in [1.29, 1.82) is 5.26 Å². The molecule has 19 heavy (non-hydrogen) atoms. The first-order chi connectivity index (χ1) is 9.07. The third-order valence-electron chi connectivity index (χ3n) is 3.26.